The summed E-state index contributed by atoms with van der Waals surface area (Å²) in [5, 5.41) is 0. The Morgan fingerprint density at radius 3 is 2.64 bits per heavy atom. The highest BCUT2D eigenvalue weighted by Crippen LogP contribution is 1.98. The second-order valence-corrected chi connectivity index (χ2v) is 2.41. The van der Waals surface area contributed by atoms with Crippen LogP contribution in [0.5, 0.6) is 0 Å². The maximum absolute atomic E-state index is 10.7. The maximum Gasteiger partial charge on any atom is 0.326 e. The molecule has 0 saturated heterocycles. The number of carbonyl (C=O) groups excluding carboxylic acids is 1. The molecule has 4 N–H and O–H groups in total. The molecule has 0 spiro atoms. The molecule has 0 aromatic rings. The number of hydrogen-bond donors (Lipinski definition) is 2. The van der Waals surface area contributed by atoms with Crippen LogP contribution in [0, 0.1) is 0 Å². The molecule has 0 radical (unpaired) electrons. The molecule has 0 aliphatic heterocycles. The Bertz CT molecular complexity index is 121. The molecule has 0 amide bonds. The quantitative estimate of drug-likeness (QED) is 0.378. The molecule has 0 fully saturated rings. The van der Waals surface area contributed by atoms with Crippen molar-refractivity contribution in [3.63, 3.8) is 0 Å². The molecule has 5 heteroatoms. The smallest absolute Gasteiger partial charge is 0.326 e. The highest BCUT2D eigenvalue weighted by Gasteiger charge is 2.11. The fourth-order valence-electron chi connectivity index (χ4n) is 0.778. The van der Waals surface area contributed by atoms with E-state index in [1.807, 2.05) is 0 Å². The van der Waals surface area contributed by atoms with E-state index in [4.69, 9.17) is 11.5 Å². The summed E-state index contributed by atoms with van der Waals surface area (Å²) >= 11 is 0. The Balaban J connectivity index is 3.36. The van der Waals surface area contributed by atoms with Gasteiger partial charge >= 0.3 is 14.0 Å². The van der Waals surface area contributed by atoms with E-state index in [0.717, 1.165) is 12.8 Å². The summed E-state index contributed by atoms with van der Waals surface area (Å²) in [7, 11) is 1.34. The first-order valence-corrected chi connectivity index (χ1v) is 3.76. The van der Waals surface area contributed by atoms with E-state index < -0.39 is 6.04 Å². The molecule has 0 aliphatic carbocycles. The van der Waals surface area contributed by atoms with Crippen LogP contribution in [0.3, 0.4) is 0 Å². The summed E-state index contributed by atoms with van der Waals surface area (Å²) in [5.41, 5.74) is 10.7. The summed E-state index contributed by atoms with van der Waals surface area (Å²) in [6, 6.07) is -0.480. The summed E-state index contributed by atoms with van der Waals surface area (Å²) in [5.74, 6) is -0.345. The number of hydrogen-bond acceptors (Lipinski definition) is 4. The lowest BCUT2D eigenvalue weighted by Gasteiger charge is -2.08. The zero-order valence-electron chi connectivity index (χ0n) is 6.88. The third kappa shape index (κ3) is 4.81. The van der Waals surface area contributed by atoms with E-state index in [1.54, 1.807) is 0 Å². The molecule has 0 aromatic heterocycles. The van der Waals surface area contributed by atoms with Crippen LogP contribution >= 0.6 is 0 Å². The van der Waals surface area contributed by atoms with Crippen LogP contribution in [-0.2, 0) is 9.45 Å². The van der Waals surface area contributed by atoms with E-state index in [9.17, 15) is 4.79 Å². The highest BCUT2D eigenvalue weighted by atomic mass is 16.5. The Morgan fingerprint density at radius 1 is 1.55 bits per heavy atom. The molecule has 4 nitrogen and oxygen atoms in total. The molecular formula is C6H15BN2O2. The van der Waals surface area contributed by atoms with Crippen molar-refractivity contribution in [2.75, 3.05) is 6.54 Å². The Morgan fingerprint density at radius 2 is 2.18 bits per heavy atom. The molecule has 0 unspecified atom stereocenters. The summed E-state index contributed by atoms with van der Waals surface area (Å²) in [6.45, 7) is 0.647. The van der Waals surface area contributed by atoms with Gasteiger partial charge in [0.2, 0.25) is 0 Å². The molecule has 0 rings (SSSR count). The van der Waals surface area contributed by atoms with Gasteiger partial charge in [0.25, 0.3) is 0 Å². The predicted octanol–water partition coefficient (Wildman–Crippen LogP) is -1.47. The highest BCUT2D eigenvalue weighted by molar-refractivity contribution is 6.06. The number of carbonyl (C=O) groups is 1. The molecular weight excluding hydrogens is 143 g/mol. The zero-order valence-corrected chi connectivity index (χ0v) is 6.88. The van der Waals surface area contributed by atoms with Crippen LogP contribution in [-0.4, -0.2) is 26.6 Å². The van der Waals surface area contributed by atoms with Crippen molar-refractivity contribution in [1.82, 2.24) is 0 Å². The maximum atomic E-state index is 10.7. The van der Waals surface area contributed by atoms with E-state index in [1.165, 1.54) is 8.05 Å². The molecule has 0 heterocycles. The normalized spacial score (nSPS) is 12.5. The minimum absolute atomic E-state index is 0.345. The van der Waals surface area contributed by atoms with Crippen LogP contribution in [0.4, 0.5) is 0 Å². The fraction of sp³-hybridized carbons (Fsp3) is 0.833. The third-order valence-corrected chi connectivity index (χ3v) is 1.47. The van der Waals surface area contributed by atoms with Crippen molar-refractivity contribution in [2.45, 2.75) is 25.3 Å². The Labute approximate surface area is 67.7 Å². The second-order valence-electron chi connectivity index (χ2n) is 2.41. The van der Waals surface area contributed by atoms with Crippen LogP contribution in [0.15, 0.2) is 0 Å². The lowest BCUT2D eigenvalue weighted by Crippen LogP contribution is -2.31. The van der Waals surface area contributed by atoms with Gasteiger partial charge in [0, 0.05) is 0 Å². The van der Waals surface area contributed by atoms with Crippen LogP contribution < -0.4 is 11.5 Å². The largest absolute Gasteiger partial charge is 0.542 e. The van der Waals surface area contributed by atoms with E-state index in [0.29, 0.717) is 13.0 Å². The monoisotopic (exact) mass is 158 g/mol. The third-order valence-electron chi connectivity index (χ3n) is 1.47. The van der Waals surface area contributed by atoms with Crippen LogP contribution in [0.1, 0.15) is 19.3 Å². The lowest BCUT2D eigenvalue weighted by molar-refractivity contribution is -0.135. The topological polar surface area (TPSA) is 78.3 Å². The van der Waals surface area contributed by atoms with Crippen molar-refractivity contribution >= 4 is 14.0 Å². The van der Waals surface area contributed by atoms with Gasteiger partial charge in [-0.05, 0) is 19.4 Å². The average molecular weight is 158 g/mol. The summed E-state index contributed by atoms with van der Waals surface area (Å²) in [4.78, 5) is 10.7. The number of nitrogens with two attached hydrogens (primary N) is 2. The first-order chi connectivity index (χ1) is 5.22. The minimum atomic E-state index is -0.480. The predicted molar refractivity (Wildman–Crippen MR) is 45.5 cm³/mol. The second kappa shape index (κ2) is 6.18. The number of unbranched alkanes of at least 4 members (excludes halogenated alkanes) is 1. The Kier molecular flexibility index (Phi) is 5.88. The van der Waals surface area contributed by atoms with Gasteiger partial charge in [0.1, 0.15) is 6.04 Å². The average Bonchev–Trinajstić information content (AvgIpc) is 2.03. The molecule has 64 valence electrons. The SMILES string of the molecule is BOC(=O)[C@@H](N)CCCCN. The molecule has 0 aliphatic rings. The van der Waals surface area contributed by atoms with Crippen LogP contribution in [0.25, 0.3) is 0 Å². The number of rotatable bonds is 5. The Hall–Kier alpha value is -0.545. The van der Waals surface area contributed by atoms with Crippen molar-refractivity contribution in [3.05, 3.63) is 0 Å². The van der Waals surface area contributed by atoms with E-state index >= 15 is 0 Å². The molecule has 1 atom stereocenters. The van der Waals surface area contributed by atoms with E-state index in [-0.39, 0.29) is 5.97 Å². The van der Waals surface area contributed by atoms with Gasteiger partial charge in [-0.2, -0.15) is 0 Å². The first-order valence-electron chi connectivity index (χ1n) is 3.76. The van der Waals surface area contributed by atoms with Gasteiger partial charge in [0.15, 0.2) is 0 Å². The fourth-order valence-corrected chi connectivity index (χ4v) is 0.778. The molecule has 0 bridgehead atoms. The van der Waals surface area contributed by atoms with Crippen molar-refractivity contribution in [2.24, 2.45) is 11.5 Å². The van der Waals surface area contributed by atoms with Crippen LogP contribution in [0.2, 0.25) is 0 Å². The van der Waals surface area contributed by atoms with Gasteiger partial charge in [-0.15, -0.1) is 0 Å². The first kappa shape index (κ1) is 10.5. The van der Waals surface area contributed by atoms with E-state index in [2.05, 4.69) is 4.65 Å². The van der Waals surface area contributed by atoms with Gasteiger partial charge in [-0.25, -0.2) is 0 Å². The summed E-state index contributed by atoms with van der Waals surface area (Å²) in [6.07, 6.45) is 2.45. The van der Waals surface area contributed by atoms with Crippen molar-refractivity contribution < 1.29 is 9.45 Å². The lowest BCUT2D eigenvalue weighted by atomic mass is 10.1. The molecule has 0 aromatic carbocycles. The standard InChI is InChI=1S/C6H15BN2O2/c7-11-6(10)5(9)3-1-2-4-8/h5H,1-4,7-9H2/t5-/m0/s1. The van der Waals surface area contributed by atoms with Gasteiger partial charge in [0.05, 0.1) is 0 Å². The minimum Gasteiger partial charge on any atom is -0.542 e. The summed E-state index contributed by atoms with van der Waals surface area (Å²) < 4.78 is 4.45. The zero-order chi connectivity index (χ0) is 8.69. The van der Waals surface area contributed by atoms with Gasteiger partial charge in [-0.3, -0.25) is 4.79 Å². The molecule has 11 heavy (non-hydrogen) atoms. The van der Waals surface area contributed by atoms with Gasteiger partial charge < -0.3 is 16.1 Å². The van der Waals surface area contributed by atoms with Crippen molar-refractivity contribution in [3.8, 4) is 0 Å². The molecule has 0 saturated carbocycles. The van der Waals surface area contributed by atoms with Gasteiger partial charge in [-0.1, -0.05) is 6.42 Å². The van der Waals surface area contributed by atoms with Crippen molar-refractivity contribution in [1.29, 1.82) is 0 Å².